The Hall–Kier alpha value is 0.0452. The van der Waals surface area contributed by atoms with Crippen molar-refractivity contribution in [3.8, 4) is 0 Å². The van der Waals surface area contributed by atoms with Crippen LogP contribution in [0.2, 0.25) is 0 Å². The van der Waals surface area contributed by atoms with E-state index in [-0.39, 0.29) is 30.5 Å². The number of benzene rings is 3. The molecule has 0 N–H and O–H groups in total. The molecule has 0 aliphatic carbocycles. The van der Waals surface area contributed by atoms with Gasteiger partial charge in [-0.15, -0.1) is 0 Å². The first-order valence-electron chi connectivity index (χ1n) is 15.6. The van der Waals surface area contributed by atoms with E-state index < -0.39 is 0 Å². The molecule has 0 radical (unpaired) electrons. The summed E-state index contributed by atoms with van der Waals surface area (Å²) < 4.78 is 0. The summed E-state index contributed by atoms with van der Waals surface area (Å²) in [7, 11) is 3.69. The van der Waals surface area contributed by atoms with Crippen LogP contribution in [0.1, 0.15) is 83.1 Å². The molecule has 0 saturated carbocycles. The Labute approximate surface area is 280 Å². The van der Waals surface area contributed by atoms with Gasteiger partial charge >= 0.3 is 29.2 Å². The molecule has 3 aromatic carbocycles. The zero-order chi connectivity index (χ0) is 31.7. The summed E-state index contributed by atoms with van der Waals surface area (Å²) in [5, 5.41) is 4.82. The molecule has 0 nitrogen and oxygen atoms in total. The SMILES string of the molecule is CC(C)P(c1ccccc1B(c1ccccc1P(C(C)C)C(C)C)c1ccccc1P(C(C)C)C(C)C)C(C)C.[Cl][Au]. The Morgan fingerprint density at radius 1 is 0.405 bits per heavy atom. The molecule has 0 unspecified atom stereocenters. The molecule has 0 atom stereocenters. The van der Waals surface area contributed by atoms with Crippen LogP contribution in [0.15, 0.2) is 72.8 Å². The zero-order valence-electron chi connectivity index (χ0n) is 28.0. The first-order chi connectivity index (χ1) is 19.9. The van der Waals surface area contributed by atoms with Gasteiger partial charge < -0.3 is 0 Å². The van der Waals surface area contributed by atoms with Gasteiger partial charge in [0.2, 0.25) is 6.71 Å². The van der Waals surface area contributed by atoms with Gasteiger partial charge in [-0.3, -0.25) is 0 Å². The van der Waals surface area contributed by atoms with E-state index in [9.17, 15) is 0 Å². The molecule has 0 saturated heterocycles. The molecule has 0 amide bonds. The Morgan fingerprint density at radius 3 is 0.786 bits per heavy atom. The average molecular weight is 823 g/mol. The molecule has 0 aromatic heterocycles. The van der Waals surface area contributed by atoms with Crippen LogP contribution >= 0.6 is 33.0 Å². The third-order valence-electron chi connectivity index (χ3n) is 7.92. The summed E-state index contributed by atoms with van der Waals surface area (Å²) >= 11 is 1.75. The number of hydrogen-bond acceptors (Lipinski definition) is 0. The maximum absolute atomic E-state index is 4.58. The number of halogens is 1. The van der Waals surface area contributed by atoms with Crippen molar-refractivity contribution in [3.05, 3.63) is 72.8 Å². The topological polar surface area (TPSA) is 0 Å². The van der Waals surface area contributed by atoms with Crippen molar-refractivity contribution >= 4 is 72.0 Å². The van der Waals surface area contributed by atoms with Gasteiger partial charge in [0.25, 0.3) is 0 Å². The predicted molar refractivity (Wildman–Crippen MR) is 200 cm³/mol. The molecule has 0 aliphatic rings. The first-order valence-corrected chi connectivity index (χ1v) is 22.7. The number of rotatable bonds is 12. The van der Waals surface area contributed by atoms with E-state index in [1.807, 2.05) is 0 Å². The van der Waals surface area contributed by atoms with E-state index in [2.05, 4.69) is 165 Å². The van der Waals surface area contributed by atoms with Gasteiger partial charge in [-0.1, -0.05) is 196 Å². The van der Waals surface area contributed by atoms with E-state index in [0.29, 0.717) is 34.0 Å². The van der Waals surface area contributed by atoms with Crippen molar-refractivity contribution in [2.45, 2.75) is 117 Å². The van der Waals surface area contributed by atoms with Crippen LogP contribution in [0.5, 0.6) is 0 Å². The predicted octanol–water partition coefficient (Wildman–Crippen LogP) is 8.66. The van der Waals surface area contributed by atoms with Crippen LogP contribution in [-0.2, 0) is 20.0 Å². The van der Waals surface area contributed by atoms with Crippen LogP contribution in [0.3, 0.4) is 0 Å². The molecule has 42 heavy (non-hydrogen) atoms. The molecule has 3 rings (SSSR count). The van der Waals surface area contributed by atoms with Crippen LogP contribution in [0, 0.1) is 0 Å². The van der Waals surface area contributed by atoms with Crippen LogP contribution in [0.25, 0.3) is 0 Å². The molecule has 0 fully saturated rings. The summed E-state index contributed by atoms with van der Waals surface area (Å²) in [6, 6.07) is 28.6. The fraction of sp³-hybridized carbons (Fsp3) is 0.500. The zero-order valence-corrected chi connectivity index (χ0v) is 33.6. The Bertz CT molecular complexity index is 1050. The molecule has 6 heteroatoms. The summed E-state index contributed by atoms with van der Waals surface area (Å²) in [5.74, 6) is 0. The second-order valence-electron chi connectivity index (χ2n) is 12.9. The minimum atomic E-state index is -0.297. The van der Waals surface area contributed by atoms with Crippen molar-refractivity contribution in [2.75, 3.05) is 0 Å². The first kappa shape index (κ1) is 38.2. The second kappa shape index (κ2) is 18.3. The molecule has 0 spiro atoms. The van der Waals surface area contributed by atoms with E-state index in [4.69, 9.17) is 0 Å². The Balaban J connectivity index is 0.00000301. The Kier molecular flexibility index (Phi) is 16.6. The summed E-state index contributed by atoms with van der Waals surface area (Å²) in [6.07, 6.45) is 0. The van der Waals surface area contributed by atoms with E-state index in [1.165, 1.54) is 0 Å². The van der Waals surface area contributed by atoms with Crippen molar-refractivity contribution in [1.82, 2.24) is 0 Å². The van der Waals surface area contributed by atoms with Crippen LogP contribution < -0.4 is 32.3 Å². The molecule has 234 valence electrons. The minimum absolute atomic E-state index is 0.246. The fourth-order valence-electron chi connectivity index (χ4n) is 6.86. The third-order valence-corrected chi connectivity index (χ3v) is 17.5. The quantitative estimate of drug-likeness (QED) is 0.127. The molecule has 3 aromatic rings. The van der Waals surface area contributed by atoms with E-state index in [0.717, 1.165) is 0 Å². The summed E-state index contributed by atoms with van der Waals surface area (Å²) in [4.78, 5) is 0. The van der Waals surface area contributed by atoms with Gasteiger partial charge in [0.05, 0.1) is 0 Å². The summed E-state index contributed by atoms with van der Waals surface area (Å²) in [5.41, 5.74) is 8.51. The van der Waals surface area contributed by atoms with Crippen molar-refractivity contribution < 1.29 is 20.0 Å². The van der Waals surface area contributed by atoms with E-state index in [1.54, 1.807) is 52.3 Å². The van der Waals surface area contributed by atoms with Crippen molar-refractivity contribution in [1.29, 1.82) is 0 Å². The van der Waals surface area contributed by atoms with Crippen molar-refractivity contribution in [2.24, 2.45) is 0 Å². The molecular weight excluding hydrogens is 769 g/mol. The van der Waals surface area contributed by atoms with Gasteiger partial charge in [0.1, 0.15) is 0 Å². The van der Waals surface area contributed by atoms with Gasteiger partial charge in [-0.05, 0) is 49.9 Å². The molecule has 0 heterocycles. The van der Waals surface area contributed by atoms with Crippen molar-refractivity contribution in [3.63, 3.8) is 0 Å². The number of hydrogen-bond donors (Lipinski definition) is 0. The van der Waals surface area contributed by atoms with Gasteiger partial charge in [-0.25, -0.2) is 0 Å². The van der Waals surface area contributed by atoms with Gasteiger partial charge in [0.15, 0.2) is 0 Å². The second-order valence-corrected chi connectivity index (χ2v) is 23.0. The molecule has 0 bridgehead atoms. The monoisotopic (exact) mass is 822 g/mol. The third kappa shape index (κ3) is 9.29. The summed E-state index contributed by atoms with van der Waals surface area (Å²) in [6.45, 7) is 29.5. The van der Waals surface area contributed by atoms with Crippen LogP contribution in [0.4, 0.5) is 0 Å². The molecular formula is C36H54AuBClP3. The molecule has 0 aliphatic heterocycles. The standard InChI is InChI=1S/C36H54BP3.Au.ClH/c1-25(2)38(26(3)4)34-22-16-13-19-31(34)37(32-20-14-17-23-35(32)39(27(5)6)28(7)8)33-21-15-18-24-36(33)40(29(9)10)30(11)12;;/h13-30H,1-12H3;;1H/q;+1;/p-1. The van der Waals surface area contributed by atoms with Gasteiger partial charge in [0, 0.05) is 0 Å². The fourth-order valence-corrected chi connectivity index (χ4v) is 16.1. The maximum atomic E-state index is 4.58. The average Bonchev–Trinajstić information content (AvgIpc) is 2.91. The Morgan fingerprint density at radius 2 is 0.595 bits per heavy atom. The normalized spacial score (nSPS) is 12.1. The van der Waals surface area contributed by atoms with Gasteiger partial charge in [-0.2, -0.15) is 0 Å². The van der Waals surface area contributed by atoms with E-state index >= 15 is 0 Å². The van der Waals surface area contributed by atoms with Crippen LogP contribution in [-0.4, -0.2) is 40.7 Å².